The van der Waals surface area contributed by atoms with Crippen molar-refractivity contribution in [2.75, 3.05) is 0 Å². The molecule has 0 atom stereocenters. The molecule has 1 aromatic heterocycles. The van der Waals surface area contributed by atoms with Gasteiger partial charge in [-0.15, -0.1) is 0 Å². The van der Waals surface area contributed by atoms with E-state index in [0.717, 1.165) is 43.8 Å². The molecule has 0 fully saturated rings. The van der Waals surface area contributed by atoms with Crippen molar-refractivity contribution in [1.82, 2.24) is 0 Å². The van der Waals surface area contributed by atoms with Gasteiger partial charge in [0, 0.05) is 10.8 Å². The van der Waals surface area contributed by atoms with E-state index in [1.807, 2.05) is 30.3 Å². The van der Waals surface area contributed by atoms with Gasteiger partial charge >= 0.3 is 0 Å². The van der Waals surface area contributed by atoms with Gasteiger partial charge in [-0.3, -0.25) is 0 Å². The van der Waals surface area contributed by atoms with E-state index in [4.69, 9.17) is 7.16 Å². The quantitative estimate of drug-likeness (QED) is 0.200. The summed E-state index contributed by atoms with van der Waals surface area (Å²) in [6.07, 6.45) is 0. The Hall–Kier alpha value is -5.66. The lowest BCUT2D eigenvalue weighted by molar-refractivity contribution is 0.669. The number of hydrogen-bond donors (Lipinski definition) is 0. The normalized spacial score (nSPS) is 12.4. The summed E-state index contributed by atoms with van der Waals surface area (Å²) < 4.78 is 22.6. The van der Waals surface area contributed by atoms with Crippen molar-refractivity contribution < 1.29 is 7.16 Å². The summed E-state index contributed by atoms with van der Waals surface area (Å²) in [4.78, 5) is 0. The number of hydrogen-bond acceptors (Lipinski definition) is 1. The van der Waals surface area contributed by atoms with E-state index in [1.54, 1.807) is 6.07 Å². The molecule has 0 spiro atoms. The lowest BCUT2D eigenvalue weighted by Gasteiger charge is -2.18. The minimum absolute atomic E-state index is 0.397. The number of rotatable bonds is 3. The lowest BCUT2D eigenvalue weighted by Crippen LogP contribution is -1.91. The SMILES string of the molecule is [2H]c1ccc2cc(-c3ccc(-c4c5ccccc5c(-c5cccc6oc7c([2H])cccc7c56)c5ccccc45)cc3)ccc2c1. The molecule has 0 bridgehead atoms. The molecule has 9 rings (SSSR count). The summed E-state index contributed by atoms with van der Waals surface area (Å²) in [5.41, 5.74) is 8.42. The molecule has 0 aliphatic rings. The van der Waals surface area contributed by atoms with Crippen LogP contribution in [0.3, 0.4) is 0 Å². The number of fused-ring (bicyclic) bond motifs is 6. The predicted octanol–water partition coefficient (Wildman–Crippen LogP) is 12.0. The van der Waals surface area contributed by atoms with Crippen molar-refractivity contribution >= 4 is 54.3 Å². The Labute approximate surface area is 252 Å². The molecule has 1 heteroatoms. The van der Waals surface area contributed by atoms with E-state index >= 15 is 0 Å². The summed E-state index contributed by atoms with van der Waals surface area (Å²) in [5, 5.41) is 8.99. The van der Waals surface area contributed by atoms with Crippen molar-refractivity contribution in [3.63, 3.8) is 0 Å². The Balaban J connectivity index is 1.27. The zero-order chi connectivity index (χ0) is 30.1. The molecule has 0 saturated heterocycles. The zero-order valence-electron chi connectivity index (χ0n) is 25.3. The van der Waals surface area contributed by atoms with Gasteiger partial charge in [0.05, 0.1) is 2.74 Å². The molecule has 1 heterocycles. The van der Waals surface area contributed by atoms with Crippen LogP contribution in [0.25, 0.3) is 87.6 Å². The Morgan fingerprint density at radius 1 is 0.419 bits per heavy atom. The van der Waals surface area contributed by atoms with Crippen molar-refractivity contribution in [2.45, 2.75) is 0 Å². The van der Waals surface area contributed by atoms with Gasteiger partial charge < -0.3 is 4.42 Å². The first-order valence-electron chi connectivity index (χ1n) is 15.6. The van der Waals surface area contributed by atoms with Gasteiger partial charge in [0.15, 0.2) is 0 Å². The molecule has 0 aliphatic carbocycles. The second-order valence-corrected chi connectivity index (χ2v) is 11.1. The molecular weight excluding hydrogens is 520 g/mol. The Morgan fingerprint density at radius 2 is 1.07 bits per heavy atom. The molecule has 8 aromatic carbocycles. The fraction of sp³-hybridized carbons (Fsp3) is 0. The molecular formula is C42H26O. The first-order valence-corrected chi connectivity index (χ1v) is 14.6. The van der Waals surface area contributed by atoms with Crippen molar-refractivity contribution in [3.8, 4) is 33.4 Å². The summed E-state index contributed by atoms with van der Waals surface area (Å²) >= 11 is 0. The van der Waals surface area contributed by atoms with E-state index in [-0.39, 0.29) is 0 Å². The topological polar surface area (TPSA) is 13.1 Å². The lowest BCUT2D eigenvalue weighted by atomic mass is 9.84. The maximum atomic E-state index is 8.47. The summed E-state index contributed by atoms with van der Waals surface area (Å²) in [7, 11) is 0. The third-order valence-electron chi connectivity index (χ3n) is 8.72. The second-order valence-electron chi connectivity index (χ2n) is 11.1. The fourth-order valence-corrected chi connectivity index (χ4v) is 6.78. The fourth-order valence-electron chi connectivity index (χ4n) is 6.78. The third kappa shape index (κ3) is 3.72. The van der Waals surface area contributed by atoms with Crippen LogP contribution in [-0.4, -0.2) is 0 Å². The van der Waals surface area contributed by atoms with Gasteiger partial charge in [0.2, 0.25) is 0 Å². The van der Waals surface area contributed by atoms with Gasteiger partial charge in [-0.2, -0.15) is 0 Å². The van der Waals surface area contributed by atoms with Gasteiger partial charge in [-0.05, 0) is 83.9 Å². The molecule has 0 radical (unpaired) electrons. The number of furan rings is 1. The van der Waals surface area contributed by atoms with Gasteiger partial charge in [-0.25, -0.2) is 0 Å². The zero-order valence-corrected chi connectivity index (χ0v) is 23.3. The first kappa shape index (κ1) is 22.0. The third-order valence-corrected chi connectivity index (χ3v) is 8.72. The number of benzene rings is 8. The molecule has 0 saturated carbocycles. The monoisotopic (exact) mass is 548 g/mol. The Bertz CT molecular complexity index is 2550. The highest BCUT2D eigenvalue weighted by Crippen LogP contribution is 2.46. The van der Waals surface area contributed by atoms with Gasteiger partial charge in [0.25, 0.3) is 0 Å². The van der Waals surface area contributed by atoms with Crippen LogP contribution < -0.4 is 0 Å². The van der Waals surface area contributed by atoms with Crippen LogP contribution in [-0.2, 0) is 0 Å². The van der Waals surface area contributed by atoms with E-state index < -0.39 is 0 Å². The molecule has 0 N–H and O–H groups in total. The van der Waals surface area contributed by atoms with E-state index in [0.29, 0.717) is 17.7 Å². The molecule has 0 aliphatic heterocycles. The van der Waals surface area contributed by atoms with Crippen LogP contribution in [0.1, 0.15) is 2.74 Å². The van der Waals surface area contributed by atoms with Crippen molar-refractivity contribution in [1.29, 1.82) is 0 Å². The van der Waals surface area contributed by atoms with E-state index in [2.05, 4.69) is 109 Å². The Morgan fingerprint density at radius 3 is 1.84 bits per heavy atom. The largest absolute Gasteiger partial charge is 0.456 e. The highest BCUT2D eigenvalue weighted by Gasteiger charge is 2.20. The highest BCUT2D eigenvalue weighted by molar-refractivity contribution is 6.25. The maximum Gasteiger partial charge on any atom is 0.136 e. The summed E-state index contributed by atoms with van der Waals surface area (Å²) in [6, 6.07) is 51.4. The molecule has 9 aromatic rings. The van der Waals surface area contributed by atoms with Crippen LogP contribution in [0.15, 0.2) is 162 Å². The smallest absolute Gasteiger partial charge is 0.136 e. The predicted molar refractivity (Wildman–Crippen MR) is 183 cm³/mol. The first-order chi connectivity index (χ1) is 22.1. The van der Waals surface area contributed by atoms with Crippen LogP contribution in [0.2, 0.25) is 0 Å². The average Bonchev–Trinajstić information content (AvgIpc) is 3.48. The molecule has 0 unspecified atom stereocenters. The van der Waals surface area contributed by atoms with Gasteiger partial charge in [-0.1, -0.05) is 140 Å². The minimum Gasteiger partial charge on any atom is -0.456 e. The van der Waals surface area contributed by atoms with Crippen LogP contribution in [0.5, 0.6) is 0 Å². The summed E-state index contributed by atoms with van der Waals surface area (Å²) in [6.45, 7) is 0. The van der Waals surface area contributed by atoms with Crippen LogP contribution in [0.4, 0.5) is 0 Å². The highest BCUT2D eigenvalue weighted by atomic mass is 16.3. The number of para-hydroxylation sites is 1. The van der Waals surface area contributed by atoms with Crippen LogP contribution >= 0.6 is 0 Å². The molecule has 200 valence electrons. The standard InChI is InChI=1S/C42H26O/c1-2-11-30-26-31(25-22-27(30)10-1)28-20-23-29(24-21-28)40-32-12-3-5-14-34(32)41(35-15-6-4-13-33(35)40)37-17-9-19-39-42(37)36-16-7-8-18-38(36)43-39/h1-26H/i1D,18D. The molecule has 43 heavy (non-hydrogen) atoms. The molecule has 1 nitrogen and oxygen atoms in total. The summed E-state index contributed by atoms with van der Waals surface area (Å²) in [5.74, 6) is 0. The van der Waals surface area contributed by atoms with Crippen LogP contribution in [0, 0.1) is 0 Å². The second kappa shape index (κ2) is 9.44. The minimum atomic E-state index is 0.397. The van der Waals surface area contributed by atoms with Crippen molar-refractivity contribution in [2.24, 2.45) is 0 Å². The van der Waals surface area contributed by atoms with E-state index in [1.165, 1.54) is 38.2 Å². The Kier molecular flexibility index (Phi) is 4.83. The maximum absolute atomic E-state index is 8.47. The van der Waals surface area contributed by atoms with E-state index in [9.17, 15) is 0 Å². The average molecular weight is 549 g/mol. The molecule has 0 amide bonds. The van der Waals surface area contributed by atoms with Gasteiger partial charge in [0.1, 0.15) is 11.2 Å². The van der Waals surface area contributed by atoms with Crippen molar-refractivity contribution in [3.05, 3.63) is 158 Å².